The number of likely N-dealkylation sites (N-methyl/N-ethyl adjacent to an activating group) is 1. The highest BCUT2D eigenvalue weighted by atomic mass is 127. The molecule has 0 saturated carbocycles. The zero-order valence-corrected chi connectivity index (χ0v) is 22.9. The molecule has 6 nitrogen and oxygen atoms in total. The minimum Gasteiger partial charge on any atom is -0.357 e. The molecular formula is C24H39IN6S. The summed E-state index contributed by atoms with van der Waals surface area (Å²) in [4.78, 5) is 15.7. The van der Waals surface area contributed by atoms with Crippen LogP contribution >= 0.6 is 35.3 Å². The van der Waals surface area contributed by atoms with E-state index in [4.69, 9.17) is 4.99 Å². The van der Waals surface area contributed by atoms with E-state index in [-0.39, 0.29) is 24.0 Å². The third-order valence-electron chi connectivity index (χ3n) is 5.69. The maximum Gasteiger partial charge on any atom is 0.191 e. The van der Waals surface area contributed by atoms with Crippen LogP contribution in [-0.2, 0) is 25.9 Å². The summed E-state index contributed by atoms with van der Waals surface area (Å²) in [6.07, 6.45) is 3.98. The monoisotopic (exact) mass is 570 g/mol. The SMILES string of the molecule is CCNC(=NCc1ccc(CN2CCN(CC)CC2)cc1)NCCc1ncc(CC)s1.I. The van der Waals surface area contributed by atoms with Crippen LogP contribution in [0.3, 0.4) is 0 Å². The van der Waals surface area contributed by atoms with Crippen molar-refractivity contribution in [3.63, 3.8) is 0 Å². The summed E-state index contributed by atoms with van der Waals surface area (Å²) in [5.74, 6) is 0.868. The Morgan fingerprint density at radius 1 is 1.00 bits per heavy atom. The normalized spacial score (nSPS) is 15.4. The summed E-state index contributed by atoms with van der Waals surface area (Å²) >= 11 is 1.81. The standard InChI is InChI=1S/C24H38N6S.HI/c1-4-22-18-27-23(31-22)11-12-26-24(25-5-2)28-17-20-7-9-21(10-8-20)19-30-15-13-29(6-3)14-16-30;/h7-10,18H,4-6,11-17,19H2,1-3H3,(H2,25,26,28);1H. The number of nitrogens with one attached hydrogen (secondary N) is 2. The van der Waals surface area contributed by atoms with Gasteiger partial charge in [-0.25, -0.2) is 9.98 Å². The van der Waals surface area contributed by atoms with Gasteiger partial charge in [-0.15, -0.1) is 35.3 Å². The maximum absolute atomic E-state index is 4.76. The van der Waals surface area contributed by atoms with E-state index in [9.17, 15) is 0 Å². The van der Waals surface area contributed by atoms with Gasteiger partial charge in [-0.05, 0) is 31.0 Å². The van der Waals surface area contributed by atoms with Crippen LogP contribution in [0.1, 0.15) is 41.8 Å². The van der Waals surface area contributed by atoms with Gasteiger partial charge in [-0.3, -0.25) is 4.90 Å². The lowest BCUT2D eigenvalue weighted by Crippen LogP contribution is -2.45. The lowest BCUT2D eigenvalue weighted by Gasteiger charge is -2.34. The molecule has 8 heteroatoms. The van der Waals surface area contributed by atoms with Crippen molar-refractivity contribution < 1.29 is 0 Å². The number of nitrogens with zero attached hydrogens (tertiary/aromatic N) is 4. The zero-order chi connectivity index (χ0) is 21.9. The Balaban J connectivity index is 0.00000363. The molecule has 178 valence electrons. The minimum absolute atomic E-state index is 0. The second-order valence-electron chi connectivity index (χ2n) is 7.97. The number of aryl methyl sites for hydroxylation is 1. The smallest absolute Gasteiger partial charge is 0.191 e. The molecule has 0 amide bonds. The number of rotatable bonds is 10. The highest BCUT2D eigenvalue weighted by Crippen LogP contribution is 2.13. The molecule has 0 unspecified atom stereocenters. The Kier molecular flexibility index (Phi) is 12.5. The fraction of sp³-hybridized carbons (Fsp3) is 0.583. The second kappa shape index (κ2) is 14.8. The molecule has 32 heavy (non-hydrogen) atoms. The first-order valence-electron chi connectivity index (χ1n) is 11.7. The van der Waals surface area contributed by atoms with Crippen molar-refractivity contribution in [1.82, 2.24) is 25.4 Å². The van der Waals surface area contributed by atoms with Crippen molar-refractivity contribution >= 4 is 41.3 Å². The largest absolute Gasteiger partial charge is 0.357 e. The third kappa shape index (κ3) is 8.96. The summed E-state index contributed by atoms with van der Waals surface area (Å²) in [7, 11) is 0. The number of guanidine groups is 1. The van der Waals surface area contributed by atoms with Crippen LogP contribution in [0.25, 0.3) is 0 Å². The van der Waals surface area contributed by atoms with E-state index in [1.54, 1.807) is 11.3 Å². The summed E-state index contributed by atoms with van der Waals surface area (Å²) in [6.45, 7) is 15.8. The van der Waals surface area contributed by atoms with Crippen LogP contribution in [0.5, 0.6) is 0 Å². The molecule has 0 bridgehead atoms. The molecular weight excluding hydrogens is 531 g/mol. The van der Waals surface area contributed by atoms with Gasteiger partial charge in [0.1, 0.15) is 0 Å². The van der Waals surface area contributed by atoms with Gasteiger partial charge in [0.05, 0.1) is 11.6 Å². The van der Waals surface area contributed by atoms with E-state index in [2.05, 4.69) is 70.5 Å². The molecule has 2 heterocycles. The van der Waals surface area contributed by atoms with E-state index >= 15 is 0 Å². The van der Waals surface area contributed by atoms with Gasteiger partial charge >= 0.3 is 0 Å². The molecule has 2 N–H and O–H groups in total. The number of thiazole rings is 1. The lowest BCUT2D eigenvalue weighted by atomic mass is 10.1. The quantitative estimate of drug-likeness (QED) is 0.259. The topological polar surface area (TPSA) is 55.8 Å². The van der Waals surface area contributed by atoms with Crippen molar-refractivity contribution in [3.05, 3.63) is 51.5 Å². The third-order valence-corrected chi connectivity index (χ3v) is 6.89. The van der Waals surface area contributed by atoms with Crippen LogP contribution in [0.15, 0.2) is 35.5 Å². The van der Waals surface area contributed by atoms with Crippen LogP contribution in [0.4, 0.5) is 0 Å². The number of benzene rings is 1. The molecule has 0 radical (unpaired) electrons. The molecule has 0 atom stereocenters. The molecule has 1 fully saturated rings. The first-order chi connectivity index (χ1) is 15.2. The lowest BCUT2D eigenvalue weighted by molar-refractivity contribution is 0.132. The molecule has 0 aliphatic carbocycles. The zero-order valence-electron chi connectivity index (χ0n) is 19.8. The minimum atomic E-state index is 0. The molecule has 1 aromatic carbocycles. The predicted octanol–water partition coefficient (Wildman–Crippen LogP) is 3.76. The van der Waals surface area contributed by atoms with E-state index in [1.165, 1.54) is 47.2 Å². The molecule has 1 aliphatic heterocycles. The Morgan fingerprint density at radius 2 is 1.69 bits per heavy atom. The van der Waals surface area contributed by atoms with E-state index in [0.29, 0.717) is 6.54 Å². The highest BCUT2D eigenvalue weighted by molar-refractivity contribution is 14.0. The summed E-state index contributed by atoms with van der Waals surface area (Å²) in [5.41, 5.74) is 2.63. The second-order valence-corrected chi connectivity index (χ2v) is 9.17. The number of aliphatic imine (C=N–C) groups is 1. The van der Waals surface area contributed by atoms with Crippen LogP contribution < -0.4 is 10.6 Å². The number of hydrogen-bond donors (Lipinski definition) is 2. The van der Waals surface area contributed by atoms with Crippen molar-refractivity contribution in [2.24, 2.45) is 4.99 Å². The average Bonchev–Trinajstić information content (AvgIpc) is 3.27. The van der Waals surface area contributed by atoms with E-state index < -0.39 is 0 Å². The van der Waals surface area contributed by atoms with E-state index in [0.717, 1.165) is 45.0 Å². The van der Waals surface area contributed by atoms with Gasteiger partial charge in [-0.1, -0.05) is 38.1 Å². The number of halogens is 1. The fourth-order valence-corrected chi connectivity index (χ4v) is 4.56. The molecule has 0 spiro atoms. The van der Waals surface area contributed by atoms with Gasteiger partial charge in [0, 0.05) is 63.3 Å². The number of aromatic nitrogens is 1. The Bertz CT molecular complexity index is 799. The summed E-state index contributed by atoms with van der Waals surface area (Å²) < 4.78 is 0. The van der Waals surface area contributed by atoms with E-state index in [1.807, 2.05) is 6.20 Å². The Hall–Kier alpha value is -1.23. The van der Waals surface area contributed by atoms with Gasteiger partial charge in [0.2, 0.25) is 0 Å². The molecule has 1 saturated heterocycles. The summed E-state index contributed by atoms with van der Waals surface area (Å²) in [5, 5.41) is 7.96. The first-order valence-corrected chi connectivity index (χ1v) is 12.5. The van der Waals surface area contributed by atoms with Crippen molar-refractivity contribution in [1.29, 1.82) is 0 Å². The van der Waals surface area contributed by atoms with Crippen LogP contribution in [0, 0.1) is 0 Å². The average molecular weight is 571 g/mol. The van der Waals surface area contributed by atoms with Crippen molar-refractivity contribution in [2.45, 2.75) is 46.7 Å². The summed E-state index contributed by atoms with van der Waals surface area (Å²) in [6, 6.07) is 8.94. The predicted molar refractivity (Wildman–Crippen MR) is 147 cm³/mol. The molecule has 2 aromatic rings. The van der Waals surface area contributed by atoms with Crippen molar-refractivity contribution in [2.75, 3.05) is 45.8 Å². The first kappa shape index (κ1) is 27.0. The molecule has 1 aliphatic rings. The van der Waals surface area contributed by atoms with Crippen LogP contribution in [0.2, 0.25) is 0 Å². The number of piperazine rings is 1. The highest BCUT2D eigenvalue weighted by Gasteiger charge is 2.15. The maximum atomic E-state index is 4.76. The molecule has 3 rings (SSSR count). The van der Waals surface area contributed by atoms with Crippen LogP contribution in [-0.4, -0.2) is 66.6 Å². The van der Waals surface area contributed by atoms with Gasteiger partial charge in [-0.2, -0.15) is 0 Å². The van der Waals surface area contributed by atoms with Gasteiger partial charge in [0.15, 0.2) is 5.96 Å². The molecule has 1 aromatic heterocycles. The Morgan fingerprint density at radius 3 is 2.31 bits per heavy atom. The number of hydrogen-bond acceptors (Lipinski definition) is 5. The Labute approximate surface area is 214 Å². The van der Waals surface area contributed by atoms with Gasteiger partial charge < -0.3 is 15.5 Å². The van der Waals surface area contributed by atoms with Gasteiger partial charge in [0.25, 0.3) is 0 Å². The van der Waals surface area contributed by atoms with Crippen molar-refractivity contribution in [3.8, 4) is 0 Å². The fourth-order valence-electron chi connectivity index (χ4n) is 3.70.